The highest BCUT2D eigenvalue weighted by Gasteiger charge is 2.34. The van der Waals surface area contributed by atoms with Crippen molar-refractivity contribution in [2.24, 2.45) is 0 Å². The zero-order valence-electron chi connectivity index (χ0n) is 13.9. The van der Waals surface area contributed by atoms with Gasteiger partial charge in [-0.1, -0.05) is 48.0 Å². The SMILES string of the molecule is O=C1S/C(=C\C=C\c2ccccc2[N+](=O)[O-])C(=O)N1Cc1ccccc1Cl. The predicted octanol–water partition coefficient (Wildman–Crippen LogP) is 5.04. The van der Waals surface area contributed by atoms with E-state index in [1.54, 1.807) is 42.5 Å². The lowest BCUT2D eigenvalue weighted by molar-refractivity contribution is -0.385. The summed E-state index contributed by atoms with van der Waals surface area (Å²) in [5.74, 6) is -0.419. The number of amides is 2. The van der Waals surface area contributed by atoms with Crippen LogP contribution in [0.3, 0.4) is 0 Å². The first-order chi connectivity index (χ1) is 13.0. The third-order valence-corrected chi connectivity index (χ3v) is 5.11. The molecule has 136 valence electrons. The smallest absolute Gasteiger partial charge is 0.268 e. The van der Waals surface area contributed by atoms with Gasteiger partial charge in [0.15, 0.2) is 0 Å². The molecule has 0 saturated carbocycles. The van der Waals surface area contributed by atoms with Crippen LogP contribution in [0, 0.1) is 10.1 Å². The standard InChI is InChI=1S/C19H13ClN2O4S/c20-15-9-3-1-7-14(15)12-21-18(23)17(27-19(21)24)11-5-8-13-6-2-4-10-16(13)22(25)26/h1-11H,12H2/b8-5+,17-11-. The molecule has 0 bridgehead atoms. The first-order valence-electron chi connectivity index (χ1n) is 7.86. The number of imide groups is 1. The Morgan fingerprint density at radius 1 is 1.11 bits per heavy atom. The Bertz CT molecular complexity index is 987. The van der Waals surface area contributed by atoms with E-state index in [2.05, 4.69) is 0 Å². The van der Waals surface area contributed by atoms with Gasteiger partial charge in [0.05, 0.1) is 21.9 Å². The molecule has 0 spiro atoms. The van der Waals surface area contributed by atoms with Crippen LogP contribution >= 0.6 is 23.4 Å². The van der Waals surface area contributed by atoms with E-state index >= 15 is 0 Å². The van der Waals surface area contributed by atoms with Crippen molar-refractivity contribution >= 4 is 46.3 Å². The fourth-order valence-electron chi connectivity index (χ4n) is 2.48. The molecule has 1 saturated heterocycles. The molecule has 6 nitrogen and oxygen atoms in total. The van der Waals surface area contributed by atoms with Gasteiger partial charge in [0.1, 0.15) is 0 Å². The zero-order valence-corrected chi connectivity index (χ0v) is 15.4. The monoisotopic (exact) mass is 400 g/mol. The van der Waals surface area contributed by atoms with Gasteiger partial charge in [0, 0.05) is 11.1 Å². The third kappa shape index (κ3) is 4.27. The van der Waals surface area contributed by atoms with Crippen LogP contribution in [0.4, 0.5) is 10.5 Å². The number of nitro groups is 1. The van der Waals surface area contributed by atoms with Gasteiger partial charge in [-0.15, -0.1) is 0 Å². The van der Waals surface area contributed by atoms with E-state index in [0.717, 1.165) is 16.7 Å². The first kappa shape index (κ1) is 18.9. The minimum atomic E-state index is -0.475. The molecule has 2 aromatic rings. The Hall–Kier alpha value is -2.90. The summed E-state index contributed by atoms with van der Waals surface area (Å²) in [4.78, 5) is 36.6. The molecular formula is C19H13ClN2O4S. The number of rotatable bonds is 5. The maximum atomic E-state index is 12.5. The van der Waals surface area contributed by atoms with Crippen molar-refractivity contribution in [1.82, 2.24) is 4.90 Å². The Balaban J connectivity index is 1.77. The molecule has 0 N–H and O–H groups in total. The largest absolute Gasteiger partial charge is 0.293 e. The molecule has 1 aliphatic rings. The van der Waals surface area contributed by atoms with Crippen LogP contribution in [0.1, 0.15) is 11.1 Å². The summed E-state index contributed by atoms with van der Waals surface area (Å²) in [6.07, 6.45) is 4.53. The van der Waals surface area contributed by atoms with Crippen molar-refractivity contribution < 1.29 is 14.5 Å². The molecule has 0 aromatic heterocycles. The Kier molecular flexibility index (Phi) is 5.73. The van der Waals surface area contributed by atoms with Gasteiger partial charge in [0.2, 0.25) is 0 Å². The molecule has 0 unspecified atom stereocenters. The number of benzene rings is 2. The molecule has 1 fully saturated rings. The summed E-state index contributed by atoms with van der Waals surface area (Å²) in [7, 11) is 0. The van der Waals surface area contributed by atoms with E-state index < -0.39 is 10.8 Å². The van der Waals surface area contributed by atoms with E-state index in [-0.39, 0.29) is 22.4 Å². The van der Waals surface area contributed by atoms with Crippen LogP contribution in [0.25, 0.3) is 6.08 Å². The average molecular weight is 401 g/mol. The van der Waals surface area contributed by atoms with Crippen LogP contribution in [0.2, 0.25) is 5.02 Å². The molecule has 1 heterocycles. The predicted molar refractivity (Wildman–Crippen MR) is 105 cm³/mol. The number of halogens is 1. The highest BCUT2D eigenvalue weighted by molar-refractivity contribution is 8.18. The lowest BCUT2D eigenvalue weighted by atomic mass is 10.1. The third-order valence-electron chi connectivity index (χ3n) is 3.82. The zero-order chi connectivity index (χ0) is 19.4. The number of hydrogen-bond acceptors (Lipinski definition) is 5. The van der Waals surface area contributed by atoms with E-state index in [4.69, 9.17) is 11.6 Å². The van der Waals surface area contributed by atoms with E-state index in [9.17, 15) is 19.7 Å². The molecule has 2 amide bonds. The number of para-hydroxylation sites is 1. The lowest BCUT2D eigenvalue weighted by Gasteiger charge is -2.13. The normalized spacial score (nSPS) is 15.9. The minimum absolute atomic E-state index is 0.0334. The van der Waals surface area contributed by atoms with Crippen molar-refractivity contribution in [1.29, 1.82) is 0 Å². The second-order valence-corrected chi connectivity index (χ2v) is 6.96. The summed E-state index contributed by atoms with van der Waals surface area (Å²) in [5.41, 5.74) is 1.06. The highest BCUT2D eigenvalue weighted by atomic mass is 35.5. The highest BCUT2D eigenvalue weighted by Crippen LogP contribution is 2.33. The number of carbonyl (C=O) groups excluding carboxylic acids is 2. The van der Waals surface area contributed by atoms with Crippen molar-refractivity contribution in [2.75, 3.05) is 0 Å². The Morgan fingerprint density at radius 3 is 2.56 bits per heavy atom. The average Bonchev–Trinajstić information content (AvgIpc) is 2.91. The summed E-state index contributed by atoms with van der Waals surface area (Å²) < 4.78 is 0. The second-order valence-electron chi connectivity index (χ2n) is 5.56. The summed E-state index contributed by atoms with van der Waals surface area (Å²) in [6.45, 7) is 0.0928. The van der Waals surface area contributed by atoms with E-state index in [1.807, 2.05) is 0 Å². The first-order valence-corrected chi connectivity index (χ1v) is 9.05. The summed E-state index contributed by atoms with van der Waals surface area (Å²) >= 11 is 6.91. The number of nitrogens with zero attached hydrogens (tertiary/aromatic N) is 2. The molecule has 0 aliphatic carbocycles. The lowest BCUT2D eigenvalue weighted by Crippen LogP contribution is -2.27. The number of carbonyl (C=O) groups is 2. The maximum Gasteiger partial charge on any atom is 0.293 e. The van der Waals surface area contributed by atoms with Gasteiger partial charge in [-0.05, 0) is 41.6 Å². The Morgan fingerprint density at radius 2 is 1.81 bits per heavy atom. The van der Waals surface area contributed by atoms with E-state index in [0.29, 0.717) is 16.1 Å². The van der Waals surface area contributed by atoms with Gasteiger partial charge in [0.25, 0.3) is 16.8 Å². The van der Waals surface area contributed by atoms with Gasteiger partial charge < -0.3 is 0 Å². The Labute approximate surface area is 164 Å². The molecular weight excluding hydrogens is 388 g/mol. The fraction of sp³-hybridized carbons (Fsp3) is 0.0526. The van der Waals surface area contributed by atoms with Crippen molar-refractivity contribution in [3.63, 3.8) is 0 Å². The van der Waals surface area contributed by atoms with Gasteiger partial charge in [-0.3, -0.25) is 24.6 Å². The minimum Gasteiger partial charge on any atom is -0.268 e. The topological polar surface area (TPSA) is 80.5 Å². The van der Waals surface area contributed by atoms with Gasteiger partial charge >= 0.3 is 0 Å². The van der Waals surface area contributed by atoms with Crippen LogP contribution in [-0.4, -0.2) is 21.0 Å². The van der Waals surface area contributed by atoms with Crippen LogP contribution < -0.4 is 0 Å². The molecule has 0 atom stereocenters. The summed E-state index contributed by atoms with van der Waals surface area (Å²) in [5, 5.41) is 11.1. The van der Waals surface area contributed by atoms with Crippen molar-refractivity contribution in [3.05, 3.63) is 91.9 Å². The van der Waals surface area contributed by atoms with Crippen LogP contribution in [0.5, 0.6) is 0 Å². The molecule has 0 radical (unpaired) electrons. The molecule has 2 aromatic carbocycles. The van der Waals surface area contributed by atoms with Crippen molar-refractivity contribution in [3.8, 4) is 0 Å². The van der Waals surface area contributed by atoms with Crippen LogP contribution in [0.15, 0.2) is 65.6 Å². The van der Waals surface area contributed by atoms with Crippen LogP contribution in [-0.2, 0) is 11.3 Å². The second kappa shape index (κ2) is 8.20. The number of allylic oxidation sites excluding steroid dienone is 2. The number of nitro benzene ring substituents is 1. The van der Waals surface area contributed by atoms with Gasteiger partial charge in [-0.25, -0.2) is 0 Å². The molecule has 27 heavy (non-hydrogen) atoms. The fourth-order valence-corrected chi connectivity index (χ4v) is 3.47. The molecule has 8 heteroatoms. The van der Waals surface area contributed by atoms with Crippen molar-refractivity contribution in [2.45, 2.75) is 6.54 Å². The van der Waals surface area contributed by atoms with E-state index in [1.165, 1.54) is 24.3 Å². The molecule has 1 aliphatic heterocycles. The maximum absolute atomic E-state index is 12.5. The summed E-state index contributed by atoms with van der Waals surface area (Å²) in [6, 6.07) is 13.3. The number of thioether (sulfide) groups is 1. The quantitative estimate of drug-likeness (QED) is 0.399. The molecule has 3 rings (SSSR count). The van der Waals surface area contributed by atoms with Gasteiger partial charge in [-0.2, -0.15) is 0 Å². The number of hydrogen-bond donors (Lipinski definition) is 0.